The Kier molecular flexibility index (Phi) is 3.19. The Labute approximate surface area is 124 Å². The lowest BCUT2D eigenvalue weighted by atomic mass is 9.85. The molecule has 0 saturated carbocycles. The molecule has 0 aliphatic carbocycles. The molecule has 1 aromatic heterocycles. The minimum Gasteiger partial charge on any atom is -0.351 e. The lowest BCUT2D eigenvalue weighted by Crippen LogP contribution is -2.54. The van der Waals surface area contributed by atoms with Crippen LogP contribution in [0.1, 0.15) is 29.8 Å². The van der Waals surface area contributed by atoms with Crippen molar-refractivity contribution in [3.63, 3.8) is 0 Å². The molecule has 2 atom stereocenters. The molecule has 3 heterocycles. The number of piperidine rings is 2. The number of hydrogen-bond donors (Lipinski definition) is 2. The molecule has 2 aliphatic rings. The van der Waals surface area contributed by atoms with Gasteiger partial charge in [-0.05, 0) is 43.9 Å². The summed E-state index contributed by atoms with van der Waals surface area (Å²) in [5.41, 5.74) is 1.75. The van der Waals surface area contributed by atoms with Crippen molar-refractivity contribution in [2.45, 2.75) is 25.3 Å². The number of amides is 1. The van der Waals surface area contributed by atoms with Crippen molar-refractivity contribution in [3.05, 3.63) is 36.0 Å². The van der Waals surface area contributed by atoms with Gasteiger partial charge < -0.3 is 15.2 Å². The molecule has 0 radical (unpaired) electrons. The third-order valence-corrected chi connectivity index (χ3v) is 4.96. The van der Waals surface area contributed by atoms with Crippen LogP contribution in [0.3, 0.4) is 0 Å². The highest BCUT2D eigenvalue weighted by atomic mass is 16.2. The molecule has 110 valence electrons. The summed E-state index contributed by atoms with van der Waals surface area (Å²) in [5.74, 6) is 0.891. The van der Waals surface area contributed by atoms with Crippen LogP contribution in [0.2, 0.25) is 0 Å². The number of nitrogens with one attached hydrogen (secondary N) is 2. The smallest absolute Gasteiger partial charge is 0.270 e. The fourth-order valence-electron chi connectivity index (χ4n) is 3.77. The molecule has 1 aromatic carbocycles. The highest BCUT2D eigenvalue weighted by molar-refractivity contribution is 5.98. The number of carbonyl (C=O) groups is 1. The van der Waals surface area contributed by atoms with Crippen LogP contribution in [0.15, 0.2) is 30.3 Å². The van der Waals surface area contributed by atoms with E-state index in [9.17, 15) is 4.79 Å². The Morgan fingerprint density at radius 1 is 1.24 bits per heavy atom. The van der Waals surface area contributed by atoms with E-state index in [0.29, 0.717) is 11.7 Å². The van der Waals surface area contributed by atoms with Crippen molar-refractivity contribution in [1.82, 2.24) is 15.2 Å². The fraction of sp³-hybridized carbons (Fsp3) is 0.471. The SMILES string of the molecule is O=C(c1cc2ccccc2[nH]1)N1CCC2CCCNC2C1. The summed E-state index contributed by atoms with van der Waals surface area (Å²) in [4.78, 5) is 18.0. The molecule has 2 unspecified atom stereocenters. The number of aromatic amines is 1. The zero-order valence-corrected chi connectivity index (χ0v) is 12.1. The van der Waals surface area contributed by atoms with Crippen LogP contribution in [0.4, 0.5) is 0 Å². The van der Waals surface area contributed by atoms with E-state index in [-0.39, 0.29) is 5.91 Å². The average Bonchev–Trinajstić information content (AvgIpc) is 2.97. The fourth-order valence-corrected chi connectivity index (χ4v) is 3.77. The van der Waals surface area contributed by atoms with Crippen LogP contribution in [-0.2, 0) is 0 Å². The number of aromatic nitrogens is 1. The maximum Gasteiger partial charge on any atom is 0.270 e. The highest BCUT2D eigenvalue weighted by Crippen LogP contribution is 2.26. The number of H-pyrrole nitrogens is 1. The Bertz CT molecular complexity index is 630. The second-order valence-electron chi connectivity index (χ2n) is 6.27. The van der Waals surface area contributed by atoms with Gasteiger partial charge in [-0.2, -0.15) is 0 Å². The molecule has 0 spiro atoms. The minimum absolute atomic E-state index is 0.136. The largest absolute Gasteiger partial charge is 0.351 e. The van der Waals surface area contributed by atoms with Gasteiger partial charge in [0, 0.05) is 30.0 Å². The molecule has 2 N–H and O–H groups in total. The number of likely N-dealkylation sites (tertiary alicyclic amines) is 1. The molecule has 2 fully saturated rings. The molecular weight excluding hydrogens is 262 g/mol. The maximum atomic E-state index is 12.7. The number of benzene rings is 1. The molecule has 0 bridgehead atoms. The topological polar surface area (TPSA) is 48.1 Å². The van der Waals surface area contributed by atoms with Crippen molar-refractivity contribution < 1.29 is 4.79 Å². The monoisotopic (exact) mass is 283 g/mol. The zero-order chi connectivity index (χ0) is 14.2. The van der Waals surface area contributed by atoms with Gasteiger partial charge in [0.25, 0.3) is 5.91 Å². The highest BCUT2D eigenvalue weighted by Gasteiger charge is 2.33. The molecule has 2 aromatic rings. The number of nitrogens with zero attached hydrogens (tertiary/aromatic N) is 1. The molecule has 4 nitrogen and oxygen atoms in total. The standard InChI is InChI=1S/C17H21N3O/c21-17(15-10-13-4-1-2-6-14(13)19-15)20-9-7-12-5-3-8-18-16(12)11-20/h1-2,4,6,10,12,16,18-19H,3,5,7-9,11H2. The normalized spacial score (nSPS) is 25.8. The minimum atomic E-state index is 0.136. The molecule has 4 heteroatoms. The predicted molar refractivity (Wildman–Crippen MR) is 83.3 cm³/mol. The van der Waals surface area contributed by atoms with E-state index < -0.39 is 0 Å². The van der Waals surface area contributed by atoms with Crippen LogP contribution >= 0.6 is 0 Å². The lowest BCUT2D eigenvalue weighted by molar-refractivity contribution is 0.0598. The average molecular weight is 283 g/mol. The van der Waals surface area contributed by atoms with Gasteiger partial charge in [-0.25, -0.2) is 0 Å². The first-order chi connectivity index (χ1) is 10.3. The first-order valence-corrected chi connectivity index (χ1v) is 7.92. The van der Waals surface area contributed by atoms with E-state index in [1.165, 1.54) is 12.8 Å². The van der Waals surface area contributed by atoms with Crippen molar-refractivity contribution >= 4 is 16.8 Å². The van der Waals surface area contributed by atoms with E-state index >= 15 is 0 Å². The van der Waals surface area contributed by atoms with Gasteiger partial charge in [0.15, 0.2) is 0 Å². The van der Waals surface area contributed by atoms with Crippen LogP contribution in [-0.4, -0.2) is 41.5 Å². The first-order valence-electron chi connectivity index (χ1n) is 7.92. The summed E-state index contributed by atoms with van der Waals surface area (Å²) in [5, 5.41) is 4.68. The number of para-hydroxylation sites is 1. The molecule has 4 rings (SSSR count). The van der Waals surface area contributed by atoms with E-state index in [1.54, 1.807) is 0 Å². The van der Waals surface area contributed by atoms with Crippen molar-refractivity contribution in [2.24, 2.45) is 5.92 Å². The zero-order valence-electron chi connectivity index (χ0n) is 12.1. The number of carbonyl (C=O) groups excluding carboxylic acids is 1. The predicted octanol–water partition coefficient (Wildman–Crippen LogP) is 2.38. The van der Waals surface area contributed by atoms with Crippen molar-refractivity contribution in [1.29, 1.82) is 0 Å². The summed E-state index contributed by atoms with van der Waals surface area (Å²) in [7, 11) is 0. The van der Waals surface area contributed by atoms with Crippen molar-refractivity contribution in [3.8, 4) is 0 Å². The number of hydrogen-bond acceptors (Lipinski definition) is 2. The third-order valence-electron chi connectivity index (χ3n) is 4.96. The van der Waals surface area contributed by atoms with Crippen molar-refractivity contribution in [2.75, 3.05) is 19.6 Å². The number of rotatable bonds is 1. The molecule has 1 amide bonds. The molecule has 2 saturated heterocycles. The Hall–Kier alpha value is -1.81. The quantitative estimate of drug-likeness (QED) is 0.844. The van der Waals surface area contributed by atoms with Gasteiger partial charge in [0.05, 0.1) is 0 Å². The second-order valence-corrected chi connectivity index (χ2v) is 6.27. The van der Waals surface area contributed by atoms with E-state index in [0.717, 1.165) is 42.9 Å². The van der Waals surface area contributed by atoms with E-state index in [4.69, 9.17) is 0 Å². The third kappa shape index (κ3) is 2.33. The summed E-state index contributed by atoms with van der Waals surface area (Å²) in [6.07, 6.45) is 3.72. The number of fused-ring (bicyclic) bond motifs is 2. The summed E-state index contributed by atoms with van der Waals surface area (Å²) in [6, 6.07) is 10.5. The van der Waals surface area contributed by atoms with Crippen LogP contribution in [0.5, 0.6) is 0 Å². The Morgan fingerprint density at radius 3 is 3.05 bits per heavy atom. The van der Waals surface area contributed by atoms with Crippen LogP contribution in [0, 0.1) is 5.92 Å². The molecule has 2 aliphatic heterocycles. The summed E-state index contributed by atoms with van der Waals surface area (Å²) in [6.45, 7) is 2.82. The second kappa shape index (κ2) is 5.19. The van der Waals surface area contributed by atoms with Gasteiger partial charge in [0.2, 0.25) is 0 Å². The van der Waals surface area contributed by atoms with Gasteiger partial charge in [-0.1, -0.05) is 18.2 Å². The van der Waals surface area contributed by atoms with Crippen LogP contribution in [0.25, 0.3) is 10.9 Å². The Balaban J connectivity index is 1.54. The van der Waals surface area contributed by atoms with Gasteiger partial charge in [-0.3, -0.25) is 4.79 Å². The van der Waals surface area contributed by atoms with E-state index in [1.807, 2.05) is 35.2 Å². The molecule has 21 heavy (non-hydrogen) atoms. The molecular formula is C17H21N3O. The summed E-state index contributed by atoms with van der Waals surface area (Å²) < 4.78 is 0. The maximum absolute atomic E-state index is 12.7. The summed E-state index contributed by atoms with van der Waals surface area (Å²) >= 11 is 0. The van der Waals surface area contributed by atoms with Gasteiger partial charge in [0.1, 0.15) is 5.69 Å². The first kappa shape index (κ1) is 12.9. The van der Waals surface area contributed by atoms with Gasteiger partial charge >= 0.3 is 0 Å². The van der Waals surface area contributed by atoms with Gasteiger partial charge in [-0.15, -0.1) is 0 Å². The lowest BCUT2D eigenvalue weighted by Gasteiger charge is -2.41. The Morgan fingerprint density at radius 2 is 2.14 bits per heavy atom. The van der Waals surface area contributed by atoms with Crippen LogP contribution < -0.4 is 5.32 Å². The van der Waals surface area contributed by atoms with E-state index in [2.05, 4.69) is 10.3 Å².